The van der Waals surface area contributed by atoms with Crippen molar-refractivity contribution in [3.8, 4) is 0 Å². The number of carbonyl (C=O) groups excluding carboxylic acids is 1. The van der Waals surface area contributed by atoms with Gasteiger partial charge in [0.1, 0.15) is 5.01 Å². The predicted octanol–water partition coefficient (Wildman–Crippen LogP) is 0.935. The third-order valence-corrected chi connectivity index (χ3v) is 4.50. The van der Waals surface area contributed by atoms with Crippen molar-refractivity contribution in [1.29, 1.82) is 0 Å². The maximum absolute atomic E-state index is 11.2. The number of hydrogen-bond donors (Lipinski definition) is 2. The second-order valence-corrected chi connectivity index (χ2v) is 6.64. The number of thioether (sulfide) groups is 1. The zero-order valence-electron chi connectivity index (χ0n) is 9.68. The Kier molecular flexibility index (Phi) is 4.36. The number of nitrogens with two attached hydrogens (primary N) is 1. The molecule has 1 aliphatic rings. The molecule has 0 aromatic carbocycles. The normalized spacial score (nSPS) is 17.0. The highest BCUT2D eigenvalue weighted by molar-refractivity contribution is 8.01. The van der Waals surface area contributed by atoms with E-state index in [0.717, 1.165) is 34.4 Å². The van der Waals surface area contributed by atoms with Gasteiger partial charge in [0, 0.05) is 11.8 Å². The molecule has 7 heteroatoms. The molecule has 1 aliphatic carbocycles. The van der Waals surface area contributed by atoms with Gasteiger partial charge in [0.25, 0.3) is 0 Å². The molecule has 0 aliphatic heterocycles. The fraction of sp³-hybridized carbons (Fsp3) is 0.700. The summed E-state index contributed by atoms with van der Waals surface area (Å²) in [4.78, 5) is 11.2. The van der Waals surface area contributed by atoms with Crippen LogP contribution in [0.5, 0.6) is 0 Å². The highest BCUT2D eigenvalue weighted by Crippen LogP contribution is 2.24. The van der Waals surface area contributed by atoms with Crippen LogP contribution in [-0.4, -0.2) is 33.9 Å². The lowest BCUT2D eigenvalue weighted by Crippen LogP contribution is -2.42. The lowest BCUT2D eigenvalue weighted by Gasteiger charge is -2.13. The van der Waals surface area contributed by atoms with E-state index in [1.165, 1.54) is 0 Å². The molecule has 1 amide bonds. The fourth-order valence-corrected chi connectivity index (χ4v) is 3.33. The third-order valence-electron chi connectivity index (χ3n) is 2.50. The van der Waals surface area contributed by atoms with Crippen molar-refractivity contribution in [2.45, 2.75) is 42.6 Å². The van der Waals surface area contributed by atoms with Crippen LogP contribution in [0.25, 0.3) is 0 Å². The molecule has 1 heterocycles. The molecule has 1 saturated carbocycles. The minimum atomic E-state index is -0.258. The van der Waals surface area contributed by atoms with E-state index < -0.39 is 0 Å². The van der Waals surface area contributed by atoms with Gasteiger partial charge in [-0.2, -0.15) is 0 Å². The molecule has 2 rings (SSSR count). The van der Waals surface area contributed by atoms with Crippen LogP contribution >= 0.6 is 23.1 Å². The summed E-state index contributed by atoms with van der Waals surface area (Å²) in [7, 11) is 0. The summed E-state index contributed by atoms with van der Waals surface area (Å²) >= 11 is 3.21. The van der Waals surface area contributed by atoms with Gasteiger partial charge < -0.3 is 11.1 Å². The van der Waals surface area contributed by atoms with E-state index in [-0.39, 0.29) is 11.9 Å². The number of hydrogen-bond acceptors (Lipinski definition) is 6. The number of nitrogens with zero attached hydrogens (tertiary/aromatic N) is 2. The van der Waals surface area contributed by atoms with Crippen molar-refractivity contribution < 1.29 is 4.79 Å². The summed E-state index contributed by atoms with van der Waals surface area (Å²) in [5.41, 5.74) is 5.36. The predicted molar refractivity (Wildman–Crippen MR) is 69.1 cm³/mol. The quantitative estimate of drug-likeness (QED) is 0.722. The van der Waals surface area contributed by atoms with Crippen LogP contribution in [-0.2, 0) is 4.79 Å². The molecule has 5 nitrogen and oxygen atoms in total. The molecule has 1 atom stereocenters. The number of aryl methyl sites for hydroxylation is 1. The van der Waals surface area contributed by atoms with Crippen LogP contribution < -0.4 is 11.1 Å². The lowest BCUT2D eigenvalue weighted by atomic mass is 10.2. The molecule has 94 valence electrons. The van der Waals surface area contributed by atoms with E-state index in [1.54, 1.807) is 23.1 Å². The number of carbonyl (C=O) groups is 1. The monoisotopic (exact) mass is 272 g/mol. The summed E-state index contributed by atoms with van der Waals surface area (Å²) < 4.78 is 0.956. The van der Waals surface area contributed by atoms with Crippen LogP contribution in [0, 0.1) is 6.92 Å². The van der Waals surface area contributed by atoms with Crippen LogP contribution in [0.4, 0.5) is 0 Å². The summed E-state index contributed by atoms with van der Waals surface area (Å²) in [6, 6.07) is 0.297. The Labute approximate surface area is 109 Å². The van der Waals surface area contributed by atoms with Crippen molar-refractivity contribution in [1.82, 2.24) is 15.5 Å². The summed E-state index contributed by atoms with van der Waals surface area (Å²) in [5, 5.41) is 12.2. The highest BCUT2D eigenvalue weighted by atomic mass is 32.2. The molecule has 1 aromatic heterocycles. The zero-order chi connectivity index (χ0) is 12.3. The van der Waals surface area contributed by atoms with E-state index in [1.807, 2.05) is 6.92 Å². The Balaban J connectivity index is 1.72. The molecular weight excluding hydrogens is 256 g/mol. The molecule has 3 N–H and O–H groups in total. The SMILES string of the molecule is Cc1nnc(SCCC(NC2CC2)C(N)=O)s1. The maximum Gasteiger partial charge on any atom is 0.234 e. The molecule has 0 saturated heterocycles. The molecule has 17 heavy (non-hydrogen) atoms. The number of aromatic nitrogens is 2. The van der Waals surface area contributed by atoms with Gasteiger partial charge in [-0.3, -0.25) is 4.79 Å². The zero-order valence-corrected chi connectivity index (χ0v) is 11.3. The highest BCUT2D eigenvalue weighted by Gasteiger charge is 2.26. The largest absolute Gasteiger partial charge is 0.368 e. The van der Waals surface area contributed by atoms with Gasteiger partial charge >= 0.3 is 0 Å². The molecule has 0 bridgehead atoms. The number of amides is 1. The van der Waals surface area contributed by atoms with Gasteiger partial charge in [0.05, 0.1) is 6.04 Å². The van der Waals surface area contributed by atoms with Crippen molar-refractivity contribution >= 4 is 29.0 Å². The van der Waals surface area contributed by atoms with Crippen molar-refractivity contribution in [3.05, 3.63) is 5.01 Å². The molecule has 1 unspecified atom stereocenters. The lowest BCUT2D eigenvalue weighted by molar-refractivity contribution is -0.120. The fourth-order valence-electron chi connectivity index (χ4n) is 1.44. The third kappa shape index (κ3) is 4.25. The summed E-state index contributed by atoms with van der Waals surface area (Å²) in [6.07, 6.45) is 3.06. The van der Waals surface area contributed by atoms with E-state index >= 15 is 0 Å². The van der Waals surface area contributed by atoms with Crippen LogP contribution in [0.15, 0.2) is 4.34 Å². The van der Waals surface area contributed by atoms with E-state index in [4.69, 9.17) is 5.73 Å². The van der Waals surface area contributed by atoms with Gasteiger partial charge in [-0.1, -0.05) is 23.1 Å². The Morgan fingerprint density at radius 2 is 2.41 bits per heavy atom. The average molecular weight is 272 g/mol. The van der Waals surface area contributed by atoms with E-state index in [2.05, 4.69) is 15.5 Å². The van der Waals surface area contributed by atoms with Gasteiger partial charge in [0.15, 0.2) is 4.34 Å². The first kappa shape index (κ1) is 12.8. The van der Waals surface area contributed by atoms with Gasteiger partial charge in [-0.05, 0) is 26.2 Å². The molecule has 1 fully saturated rings. The van der Waals surface area contributed by atoms with E-state index in [0.29, 0.717) is 6.04 Å². The minimum absolute atomic E-state index is 0.205. The number of rotatable bonds is 7. The van der Waals surface area contributed by atoms with Gasteiger partial charge in [-0.25, -0.2) is 0 Å². The Morgan fingerprint density at radius 3 is 2.94 bits per heavy atom. The van der Waals surface area contributed by atoms with Crippen LogP contribution in [0.1, 0.15) is 24.3 Å². The maximum atomic E-state index is 11.2. The topological polar surface area (TPSA) is 80.9 Å². The minimum Gasteiger partial charge on any atom is -0.368 e. The van der Waals surface area contributed by atoms with Crippen molar-refractivity contribution in [2.24, 2.45) is 5.73 Å². The van der Waals surface area contributed by atoms with Crippen molar-refractivity contribution in [2.75, 3.05) is 5.75 Å². The van der Waals surface area contributed by atoms with Crippen LogP contribution in [0.3, 0.4) is 0 Å². The standard InChI is InChI=1S/C10H16N4OS2/c1-6-13-14-10(17-6)16-5-4-8(9(11)15)12-7-2-3-7/h7-8,12H,2-5H2,1H3,(H2,11,15). The van der Waals surface area contributed by atoms with Crippen molar-refractivity contribution in [3.63, 3.8) is 0 Å². The molecule has 0 spiro atoms. The number of primary amides is 1. The first-order valence-electron chi connectivity index (χ1n) is 5.63. The van der Waals surface area contributed by atoms with Crippen LogP contribution in [0.2, 0.25) is 0 Å². The smallest absolute Gasteiger partial charge is 0.234 e. The average Bonchev–Trinajstić information content (AvgIpc) is 3.00. The first-order chi connectivity index (χ1) is 8.15. The Morgan fingerprint density at radius 1 is 1.65 bits per heavy atom. The Hall–Kier alpha value is -0.660. The van der Waals surface area contributed by atoms with Gasteiger partial charge in [-0.15, -0.1) is 10.2 Å². The summed E-state index contributed by atoms with van der Waals surface area (Å²) in [5.74, 6) is 0.577. The second-order valence-electron chi connectivity index (χ2n) is 4.12. The number of nitrogens with one attached hydrogen (secondary N) is 1. The molecule has 1 aromatic rings. The molecular formula is C10H16N4OS2. The van der Waals surface area contributed by atoms with E-state index in [9.17, 15) is 4.79 Å². The molecule has 0 radical (unpaired) electrons. The second kappa shape index (κ2) is 5.79. The first-order valence-corrected chi connectivity index (χ1v) is 7.43. The summed E-state index contributed by atoms with van der Waals surface area (Å²) in [6.45, 7) is 1.93. The van der Waals surface area contributed by atoms with Gasteiger partial charge in [0.2, 0.25) is 5.91 Å². The Bertz CT molecular complexity index is 391.